The van der Waals surface area contributed by atoms with Crippen molar-refractivity contribution in [2.24, 2.45) is 0 Å². The Labute approximate surface area is 120 Å². The third-order valence-corrected chi connectivity index (χ3v) is 4.08. The fourth-order valence-electron chi connectivity index (χ4n) is 2.91. The number of nitrogens with one attached hydrogen (secondary N) is 1. The molecule has 0 fully saturated rings. The Morgan fingerprint density at radius 3 is 2.45 bits per heavy atom. The van der Waals surface area contributed by atoms with E-state index in [1.54, 1.807) is 0 Å². The number of aliphatic hydroxyl groups excluding tert-OH is 1. The van der Waals surface area contributed by atoms with Gasteiger partial charge < -0.3 is 10.4 Å². The predicted octanol–water partition coefficient (Wildman–Crippen LogP) is 3.67. The van der Waals surface area contributed by atoms with Gasteiger partial charge in [0.25, 0.3) is 0 Å². The first-order valence-corrected chi connectivity index (χ1v) is 7.40. The molecule has 104 valence electrons. The van der Waals surface area contributed by atoms with Gasteiger partial charge in [-0.25, -0.2) is 0 Å². The third kappa shape index (κ3) is 2.86. The molecule has 0 unspecified atom stereocenters. The molecule has 0 radical (unpaired) electrons. The molecule has 0 heterocycles. The number of aryl methyl sites for hydroxylation is 1. The van der Waals surface area contributed by atoms with Crippen LogP contribution in [-0.4, -0.2) is 5.11 Å². The standard InChI is InChI=1S/C18H21NO/c20-13-15-10-8-14(9-11-15)12-19-18-7-3-5-16-4-1-2-6-17(16)18/h3,5,7-11,19-20H,1-2,4,6,12-13H2. The summed E-state index contributed by atoms with van der Waals surface area (Å²) < 4.78 is 0. The molecule has 0 aromatic heterocycles. The van der Waals surface area contributed by atoms with Crippen LogP contribution in [0.1, 0.15) is 35.1 Å². The highest BCUT2D eigenvalue weighted by atomic mass is 16.3. The van der Waals surface area contributed by atoms with Crippen molar-refractivity contribution in [3.63, 3.8) is 0 Å². The van der Waals surface area contributed by atoms with Gasteiger partial charge in [0.05, 0.1) is 6.61 Å². The van der Waals surface area contributed by atoms with Crippen LogP contribution in [0.3, 0.4) is 0 Å². The topological polar surface area (TPSA) is 32.3 Å². The van der Waals surface area contributed by atoms with Gasteiger partial charge in [-0.05, 0) is 54.0 Å². The fraction of sp³-hybridized carbons (Fsp3) is 0.333. The highest BCUT2D eigenvalue weighted by Crippen LogP contribution is 2.28. The Morgan fingerprint density at radius 2 is 1.65 bits per heavy atom. The van der Waals surface area contributed by atoms with Crippen LogP contribution in [0, 0.1) is 0 Å². The lowest BCUT2D eigenvalue weighted by atomic mass is 9.90. The fourth-order valence-corrected chi connectivity index (χ4v) is 2.91. The van der Waals surface area contributed by atoms with Crippen molar-refractivity contribution in [2.75, 3.05) is 5.32 Å². The van der Waals surface area contributed by atoms with E-state index < -0.39 is 0 Å². The summed E-state index contributed by atoms with van der Waals surface area (Å²) in [6, 6.07) is 14.7. The molecule has 2 aromatic rings. The molecular weight excluding hydrogens is 246 g/mol. The van der Waals surface area contributed by atoms with Gasteiger partial charge in [-0.1, -0.05) is 36.4 Å². The van der Waals surface area contributed by atoms with Crippen molar-refractivity contribution >= 4 is 5.69 Å². The Balaban J connectivity index is 1.71. The maximum atomic E-state index is 9.05. The van der Waals surface area contributed by atoms with Crippen LogP contribution in [0.2, 0.25) is 0 Å². The molecule has 0 atom stereocenters. The molecule has 0 aliphatic heterocycles. The second-order valence-electron chi connectivity index (χ2n) is 5.48. The molecule has 0 amide bonds. The van der Waals surface area contributed by atoms with Crippen LogP contribution < -0.4 is 5.32 Å². The van der Waals surface area contributed by atoms with E-state index in [9.17, 15) is 0 Å². The third-order valence-electron chi connectivity index (χ3n) is 4.08. The Kier molecular flexibility index (Phi) is 4.03. The molecular formula is C18H21NO. The summed E-state index contributed by atoms with van der Waals surface area (Å²) in [5.41, 5.74) is 6.51. The first-order chi connectivity index (χ1) is 9.86. The first-order valence-electron chi connectivity index (χ1n) is 7.40. The maximum absolute atomic E-state index is 9.05. The van der Waals surface area contributed by atoms with Gasteiger partial charge in [0.2, 0.25) is 0 Å². The Hall–Kier alpha value is -1.80. The van der Waals surface area contributed by atoms with Crippen LogP contribution >= 0.6 is 0 Å². The maximum Gasteiger partial charge on any atom is 0.0681 e. The summed E-state index contributed by atoms with van der Waals surface area (Å²) in [6.45, 7) is 0.946. The normalized spacial score (nSPS) is 13.8. The first kappa shape index (κ1) is 13.2. The Bertz CT molecular complexity index is 574. The second kappa shape index (κ2) is 6.10. The molecule has 2 aromatic carbocycles. The summed E-state index contributed by atoms with van der Waals surface area (Å²) >= 11 is 0. The van der Waals surface area contributed by atoms with E-state index in [-0.39, 0.29) is 6.61 Å². The zero-order valence-corrected chi connectivity index (χ0v) is 11.7. The van der Waals surface area contributed by atoms with Crippen molar-refractivity contribution in [1.29, 1.82) is 0 Å². The molecule has 2 N–H and O–H groups in total. The van der Waals surface area contributed by atoms with E-state index in [0.29, 0.717) is 0 Å². The second-order valence-corrected chi connectivity index (χ2v) is 5.48. The summed E-state index contributed by atoms with van der Waals surface area (Å²) in [5.74, 6) is 0. The minimum absolute atomic E-state index is 0.111. The van der Waals surface area contributed by atoms with Gasteiger partial charge in [0, 0.05) is 12.2 Å². The SMILES string of the molecule is OCc1ccc(CNc2cccc3c2CCCC3)cc1. The molecule has 3 rings (SSSR count). The number of anilines is 1. The van der Waals surface area contributed by atoms with E-state index in [2.05, 4.69) is 35.6 Å². The molecule has 0 bridgehead atoms. The monoisotopic (exact) mass is 267 g/mol. The number of aliphatic hydroxyl groups is 1. The van der Waals surface area contributed by atoms with Gasteiger partial charge in [0.15, 0.2) is 0 Å². The van der Waals surface area contributed by atoms with Crippen molar-refractivity contribution in [1.82, 2.24) is 0 Å². The zero-order chi connectivity index (χ0) is 13.8. The smallest absolute Gasteiger partial charge is 0.0681 e. The van der Waals surface area contributed by atoms with Crippen LogP contribution in [0.4, 0.5) is 5.69 Å². The van der Waals surface area contributed by atoms with E-state index in [0.717, 1.165) is 12.1 Å². The van der Waals surface area contributed by atoms with Crippen molar-refractivity contribution < 1.29 is 5.11 Å². The molecule has 1 aliphatic carbocycles. The van der Waals surface area contributed by atoms with Gasteiger partial charge in [-0.15, -0.1) is 0 Å². The summed E-state index contributed by atoms with van der Waals surface area (Å²) in [5, 5.41) is 12.6. The van der Waals surface area contributed by atoms with Gasteiger partial charge in [-0.2, -0.15) is 0 Å². The number of hydrogen-bond acceptors (Lipinski definition) is 2. The molecule has 0 saturated heterocycles. The largest absolute Gasteiger partial charge is 0.392 e. The molecule has 2 heteroatoms. The van der Waals surface area contributed by atoms with E-state index >= 15 is 0 Å². The van der Waals surface area contributed by atoms with Gasteiger partial charge in [-0.3, -0.25) is 0 Å². The lowest BCUT2D eigenvalue weighted by Gasteiger charge is -2.20. The minimum atomic E-state index is 0.111. The molecule has 2 nitrogen and oxygen atoms in total. The average Bonchev–Trinajstić information content (AvgIpc) is 2.53. The highest BCUT2D eigenvalue weighted by molar-refractivity contribution is 5.55. The Morgan fingerprint density at radius 1 is 0.900 bits per heavy atom. The summed E-state index contributed by atoms with van der Waals surface area (Å²) in [7, 11) is 0. The van der Waals surface area contributed by atoms with Gasteiger partial charge in [0.1, 0.15) is 0 Å². The van der Waals surface area contributed by atoms with Crippen LogP contribution in [-0.2, 0) is 26.0 Å². The minimum Gasteiger partial charge on any atom is -0.392 e. The van der Waals surface area contributed by atoms with Crippen molar-refractivity contribution in [2.45, 2.75) is 38.8 Å². The molecule has 20 heavy (non-hydrogen) atoms. The number of hydrogen-bond donors (Lipinski definition) is 2. The molecule has 0 spiro atoms. The van der Waals surface area contributed by atoms with Crippen molar-refractivity contribution in [3.8, 4) is 0 Å². The zero-order valence-electron chi connectivity index (χ0n) is 11.7. The van der Waals surface area contributed by atoms with Crippen LogP contribution in [0.25, 0.3) is 0 Å². The number of rotatable bonds is 4. The highest BCUT2D eigenvalue weighted by Gasteiger charge is 2.12. The average molecular weight is 267 g/mol. The lowest BCUT2D eigenvalue weighted by molar-refractivity contribution is 0.282. The quantitative estimate of drug-likeness (QED) is 0.886. The van der Waals surface area contributed by atoms with Crippen LogP contribution in [0.15, 0.2) is 42.5 Å². The van der Waals surface area contributed by atoms with Crippen molar-refractivity contribution in [3.05, 3.63) is 64.7 Å². The molecule has 0 saturated carbocycles. The number of fused-ring (bicyclic) bond motifs is 1. The van der Waals surface area contributed by atoms with E-state index in [4.69, 9.17) is 5.11 Å². The number of benzene rings is 2. The summed E-state index contributed by atoms with van der Waals surface area (Å²) in [6.07, 6.45) is 5.04. The molecule has 1 aliphatic rings. The lowest BCUT2D eigenvalue weighted by Crippen LogP contribution is -2.08. The predicted molar refractivity (Wildman–Crippen MR) is 82.8 cm³/mol. The van der Waals surface area contributed by atoms with E-state index in [1.807, 2.05) is 12.1 Å². The summed E-state index contributed by atoms with van der Waals surface area (Å²) in [4.78, 5) is 0. The van der Waals surface area contributed by atoms with E-state index in [1.165, 1.54) is 48.1 Å². The van der Waals surface area contributed by atoms with Crippen LogP contribution in [0.5, 0.6) is 0 Å². The van der Waals surface area contributed by atoms with Gasteiger partial charge >= 0.3 is 0 Å².